The minimum absolute atomic E-state index is 0.224. The Hall–Kier alpha value is -2.57. The van der Waals surface area contributed by atoms with Crippen LogP contribution in [0.25, 0.3) is 0 Å². The maximum Gasteiger partial charge on any atom is 0.331 e. The lowest BCUT2D eigenvalue weighted by atomic mass is 10.1. The lowest BCUT2D eigenvalue weighted by molar-refractivity contribution is -0.157. The predicted octanol–water partition coefficient (Wildman–Crippen LogP) is 1.71. The van der Waals surface area contributed by atoms with E-state index < -0.39 is 23.5 Å². The average Bonchev–Trinajstić information content (AvgIpc) is 2.48. The molecule has 132 valence electrons. The van der Waals surface area contributed by atoms with Gasteiger partial charge in [-0.15, -0.1) is 0 Å². The minimum atomic E-state index is -0.991. The molecule has 1 aromatic carbocycles. The Balaban J connectivity index is 2.99. The summed E-state index contributed by atoms with van der Waals surface area (Å²) in [5.41, 5.74) is 5.20. The van der Waals surface area contributed by atoms with Crippen molar-refractivity contribution in [3.63, 3.8) is 0 Å². The summed E-state index contributed by atoms with van der Waals surface area (Å²) in [7, 11) is 3.06. The molecule has 0 aliphatic heterocycles. The number of hydrogen-bond acceptors (Lipinski definition) is 6. The number of ether oxygens (including phenoxy) is 3. The van der Waals surface area contributed by atoms with Crippen LogP contribution in [0.15, 0.2) is 23.2 Å². The summed E-state index contributed by atoms with van der Waals surface area (Å²) in [6, 6.07) is 4.19. The summed E-state index contributed by atoms with van der Waals surface area (Å²) >= 11 is 0. The van der Waals surface area contributed by atoms with Gasteiger partial charge in [0, 0.05) is 6.21 Å². The first-order chi connectivity index (χ1) is 11.2. The molecule has 7 nitrogen and oxygen atoms in total. The highest BCUT2D eigenvalue weighted by atomic mass is 16.6. The van der Waals surface area contributed by atoms with Gasteiger partial charge in [-0.25, -0.2) is 4.79 Å². The van der Waals surface area contributed by atoms with Gasteiger partial charge >= 0.3 is 5.97 Å². The third-order valence-corrected chi connectivity index (χ3v) is 2.88. The van der Waals surface area contributed by atoms with E-state index in [4.69, 9.17) is 19.9 Å². The number of carbonyl (C=O) groups is 2. The van der Waals surface area contributed by atoms with Crippen LogP contribution in [0.1, 0.15) is 32.8 Å². The fourth-order valence-corrected chi connectivity index (χ4v) is 1.87. The maximum absolute atomic E-state index is 12.2. The first kappa shape index (κ1) is 19.5. The second-order valence-electron chi connectivity index (χ2n) is 6.11. The van der Waals surface area contributed by atoms with Crippen LogP contribution in [0.3, 0.4) is 0 Å². The number of benzene rings is 1. The fraction of sp³-hybridized carbons (Fsp3) is 0.471. The van der Waals surface area contributed by atoms with Crippen LogP contribution < -0.4 is 15.2 Å². The second kappa shape index (κ2) is 8.33. The van der Waals surface area contributed by atoms with Gasteiger partial charge in [0.25, 0.3) is 0 Å². The molecule has 0 aliphatic rings. The maximum atomic E-state index is 12.2. The van der Waals surface area contributed by atoms with Crippen LogP contribution in [0.4, 0.5) is 0 Å². The number of aliphatic imine (C=N–C) groups is 1. The van der Waals surface area contributed by atoms with Crippen LogP contribution in [0.2, 0.25) is 0 Å². The van der Waals surface area contributed by atoms with Crippen LogP contribution in [-0.4, -0.2) is 44.0 Å². The Morgan fingerprint density at radius 1 is 1.21 bits per heavy atom. The van der Waals surface area contributed by atoms with Gasteiger partial charge in [-0.1, -0.05) is 0 Å². The molecule has 1 amide bonds. The molecule has 0 radical (unpaired) electrons. The van der Waals surface area contributed by atoms with E-state index in [1.54, 1.807) is 39.0 Å². The number of amides is 1. The molecule has 0 bridgehead atoms. The highest BCUT2D eigenvalue weighted by molar-refractivity contribution is 5.88. The number of carbonyl (C=O) groups excluding carboxylic acids is 2. The quantitative estimate of drug-likeness (QED) is 0.603. The predicted molar refractivity (Wildman–Crippen MR) is 90.6 cm³/mol. The number of rotatable bonds is 7. The molecule has 0 heterocycles. The molecule has 0 aliphatic carbocycles. The topological polar surface area (TPSA) is 100 Å². The number of methoxy groups -OCH3 is 2. The summed E-state index contributed by atoms with van der Waals surface area (Å²) < 4.78 is 15.6. The Morgan fingerprint density at radius 2 is 1.83 bits per heavy atom. The molecule has 24 heavy (non-hydrogen) atoms. The zero-order chi connectivity index (χ0) is 18.3. The molecule has 1 aromatic rings. The van der Waals surface area contributed by atoms with Gasteiger partial charge in [0.15, 0.2) is 17.5 Å². The lowest BCUT2D eigenvalue weighted by Gasteiger charge is -2.21. The molecule has 0 spiro atoms. The van der Waals surface area contributed by atoms with E-state index in [-0.39, 0.29) is 6.42 Å². The lowest BCUT2D eigenvalue weighted by Crippen LogP contribution is -2.33. The summed E-state index contributed by atoms with van der Waals surface area (Å²) in [6.45, 7) is 5.22. The number of hydrogen-bond donors (Lipinski definition) is 1. The van der Waals surface area contributed by atoms with Gasteiger partial charge in [-0.2, -0.15) is 0 Å². The van der Waals surface area contributed by atoms with E-state index in [1.807, 2.05) is 0 Å². The van der Waals surface area contributed by atoms with E-state index in [0.29, 0.717) is 17.1 Å². The summed E-state index contributed by atoms with van der Waals surface area (Å²) in [5.74, 6) is -0.117. The number of esters is 1. The summed E-state index contributed by atoms with van der Waals surface area (Å²) in [6.07, 6.45) is 1.25. The minimum Gasteiger partial charge on any atom is -0.493 e. The number of nitrogens with zero attached hydrogens (tertiary/aromatic N) is 1. The monoisotopic (exact) mass is 336 g/mol. The molecule has 1 rings (SSSR count). The average molecular weight is 336 g/mol. The van der Waals surface area contributed by atoms with Gasteiger partial charge in [0.1, 0.15) is 5.60 Å². The van der Waals surface area contributed by atoms with Gasteiger partial charge < -0.3 is 19.9 Å². The zero-order valence-electron chi connectivity index (χ0n) is 14.7. The van der Waals surface area contributed by atoms with Gasteiger partial charge in [0.05, 0.1) is 20.6 Å². The molecule has 0 aromatic heterocycles. The third-order valence-electron chi connectivity index (χ3n) is 2.88. The van der Waals surface area contributed by atoms with Crippen molar-refractivity contribution in [1.29, 1.82) is 0 Å². The van der Waals surface area contributed by atoms with Crippen LogP contribution in [0.5, 0.6) is 11.5 Å². The Labute approximate surface area is 141 Å². The molecule has 7 heteroatoms. The van der Waals surface area contributed by atoms with Gasteiger partial charge in [-0.05, 0) is 44.5 Å². The number of nitrogens with two attached hydrogens (primary N) is 1. The summed E-state index contributed by atoms with van der Waals surface area (Å²) in [4.78, 5) is 27.5. The molecule has 2 N–H and O–H groups in total. The van der Waals surface area contributed by atoms with Gasteiger partial charge in [0.2, 0.25) is 5.91 Å². The van der Waals surface area contributed by atoms with Crippen molar-refractivity contribution < 1.29 is 23.8 Å². The highest BCUT2D eigenvalue weighted by Gasteiger charge is 2.25. The van der Waals surface area contributed by atoms with Crippen molar-refractivity contribution in [2.24, 2.45) is 10.7 Å². The third kappa shape index (κ3) is 6.28. The van der Waals surface area contributed by atoms with E-state index in [9.17, 15) is 9.59 Å². The fourth-order valence-electron chi connectivity index (χ4n) is 1.87. The van der Waals surface area contributed by atoms with Crippen molar-refractivity contribution in [2.75, 3.05) is 14.2 Å². The van der Waals surface area contributed by atoms with Crippen LogP contribution in [0, 0.1) is 0 Å². The normalized spacial score (nSPS) is 12.7. The molecule has 0 unspecified atom stereocenters. The van der Waals surface area contributed by atoms with Crippen LogP contribution in [-0.2, 0) is 14.3 Å². The Morgan fingerprint density at radius 3 is 2.33 bits per heavy atom. The first-order valence-electron chi connectivity index (χ1n) is 7.42. The largest absolute Gasteiger partial charge is 0.493 e. The SMILES string of the molecule is COc1ccc(C=N[C@@H](CC(N)=O)C(=O)OC(C)(C)C)cc1OC. The van der Waals surface area contributed by atoms with Crippen molar-refractivity contribution in [1.82, 2.24) is 0 Å². The standard InChI is InChI=1S/C17H24N2O5/c1-17(2,3)24-16(21)12(9-15(18)20)19-10-11-6-7-13(22-4)14(8-11)23-5/h6-8,10,12H,9H2,1-5H3,(H2,18,20)/t12-/m0/s1. The highest BCUT2D eigenvalue weighted by Crippen LogP contribution is 2.27. The Bertz CT molecular complexity index is 620. The molecular weight excluding hydrogens is 312 g/mol. The zero-order valence-corrected chi connectivity index (χ0v) is 14.7. The Kier molecular flexibility index (Phi) is 6.76. The second-order valence-corrected chi connectivity index (χ2v) is 6.11. The van der Waals surface area contributed by atoms with Crippen molar-refractivity contribution in [3.8, 4) is 11.5 Å². The van der Waals surface area contributed by atoms with E-state index in [2.05, 4.69) is 4.99 Å². The van der Waals surface area contributed by atoms with E-state index in [0.717, 1.165) is 0 Å². The molecule has 0 saturated carbocycles. The molecule has 1 atom stereocenters. The molecule has 0 saturated heterocycles. The first-order valence-corrected chi connectivity index (χ1v) is 7.42. The van der Waals surface area contributed by atoms with Crippen molar-refractivity contribution in [2.45, 2.75) is 38.8 Å². The van der Waals surface area contributed by atoms with Crippen molar-refractivity contribution in [3.05, 3.63) is 23.8 Å². The number of primary amides is 1. The molecular formula is C17H24N2O5. The van der Waals surface area contributed by atoms with Crippen molar-refractivity contribution >= 4 is 18.1 Å². The smallest absolute Gasteiger partial charge is 0.331 e. The van der Waals surface area contributed by atoms with Gasteiger partial charge in [-0.3, -0.25) is 9.79 Å². The van der Waals surface area contributed by atoms with E-state index >= 15 is 0 Å². The van der Waals surface area contributed by atoms with Crippen LogP contribution >= 0.6 is 0 Å². The van der Waals surface area contributed by atoms with E-state index in [1.165, 1.54) is 20.4 Å². The molecule has 0 fully saturated rings. The summed E-state index contributed by atoms with van der Waals surface area (Å²) in [5, 5.41) is 0.